The summed E-state index contributed by atoms with van der Waals surface area (Å²) in [5.74, 6) is 0.666. The summed E-state index contributed by atoms with van der Waals surface area (Å²) in [7, 11) is 2.96. The smallest absolute Gasteiger partial charge is 0.332 e. The van der Waals surface area contributed by atoms with Crippen molar-refractivity contribution in [3.05, 3.63) is 55.4 Å². The van der Waals surface area contributed by atoms with Crippen LogP contribution in [-0.2, 0) is 27.1 Å². The number of ether oxygens (including phenoxy) is 1. The highest BCUT2D eigenvalue weighted by molar-refractivity contribution is 9.10. The van der Waals surface area contributed by atoms with Crippen molar-refractivity contribution >= 4 is 27.1 Å². The second kappa shape index (κ2) is 7.69. The van der Waals surface area contributed by atoms with Crippen LogP contribution in [0.2, 0.25) is 0 Å². The fourth-order valence-corrected chi connectivity index (χ4v) is 3.35. The monoisotopic (exact) mass is 436 g/mol. The average Bonchev–Trinajstić information content (AvgIpc) is 2.99. The average molecular weight is 437 g/mol. The molecule has 3 aromatic rings. The molecule has 0 unspecified atom stereocenters. The minimum atomic E-state index is -0.869. The first kappa shape index (κ1) is 19.4. The Morgan fingerprint density at radius 3 is 2.48 bits per heavy atom. The molecule has 144 valence electrons. The summed E-state index contributed by atoms with van der Waals surface area (Å²) in [5, 5.41) is 10.4. The van der Waals surface area contributed by atoms with Crippen LogP contribution in [0, 0.1) is 0 Å². The SMILES string of the molecule is CCc1ccc(OC[C@@H](O)Cn2c(Br)nc3c2c(=O)n(C)c(=O)n3C)cc1. The number of hydrogen-bond donors (Lipinski definition) is 1. The number of hydrogen-bond acceptors (Lipinski definition) is 5. The quantitative estimate of drug-likeness (QED) is 0.586. The second-order valence-electron chi connectivity index (χ2n) is 6.33. The van der Waals surface area contributed by atoms with Gasteiger partial charge in [-0.3, -0.25) is 13.9 Å². The van der Waals surface area contributed by atoms with E-state index in [0.29, 0.717) is 10.5 Å². The lowest BCUT2D eigenvalue weighted by atomic mass is 10.2. The summed E-state index contributed by atoms with van der Waals surface area (Å²) >= 11 is 3.30. The highest BCUT2D eigenvalue weighted by Crippen LogP contribution is 2.17. The van der Waals surface area contributed by atoms with Crippen LogP contribution < -0.4 is 16.0 Å². The molecule has 8 nitrogen and oxygen atoms in total. The van der Waals surface area contributed by atoms with Crippen LogP contribution in [0.25, 0.3) is 11.2 Å². The number of imidazole rings is 1. The van der Waals surface area contributed by atoms with E-state index >= 15 is 0 Å². The molecule has 0 saturated heterocycles. The molecule has 27 heavy (non-hydrogen) atoms. The van der Waals surface area contributed by atoms with Crippen molar-refractivity contribution in [3.8, 4) is 5.75 Å². The van der Waals surface area contributed by atoms with Gasteiger partial charge in [-0.1, -0.05) is 19.1 Å². The predicted molar refractivity (Wildman–Crippen MR) is 105 cm³/mol. The van der Waals surface area contributed by atoms with Crippen molar-refractivity contribution in [2.45, 2.75) is 26.0 Å². The van der Waals surface area contributed by atoms with E-state index in [1.54, 1.807) is 11.6 Å². The third-order valence-corrected chi connectivity index (χ3v) is 5.07. The first-order chi connectivity index (χ1) is 12.8. The number of aryl methyl sites for hydroxylation is 2. The normalized spacial score (nSPS) is 12.5. The zero-order valence-electron chi connectivity index (χ0n) is 15.3. The van der Waals surface area contributed by atoms with Gasteiger partial charge < -0.3 is 14.4 Å². The number of aromatic nitrogens is 4. The zero-order valence-corrected chi connectivity index (χ0v) is 16.9. The van der Waals surface area contributed by atoms with Gasteiger partial charge >= 0.3 is 5.69 Å². The van der Waals surface area contributed by atoms with Gasteiger partial charge in [-0.25, -0.2) is 9.78 Å². The van der Waals surface area contributed by atoms with Crippen LogP contribution in [-0.4, -0.2) is 36.5 Å². The molecular weight excluding hydrogens is 416 g/mol. The van der Waals surface area contributed by atoms with Gasteiger partial charge in [-0.05, 0) is 40.0 Å². The predicted octanol–water partition coefficient (Wildman–Crippen LogP) is 1.20. The van der Waals surface area contributed by atoms with Crippen molar-refractivity contribution in [1.29, 1.82) is 0 Å². The van der Waals surface area contributed by atoms with Gasteiger partial charge in [0.2, 0.25) is 0 Å². The third kappa shape index (κ3) is 3.70. The van der Waals surface area contributed by atoms with E-state index in [1.807, 2.05) is 24.3 Å². The standard InChI is InChI=1S/C18H21BrN4O4/c1-4-11-5-7-13(8-6-11)27-10-12(24)9-23-14-15(20-17(23)19)21(2)18(26)22(3)16(14)25/h5-8,12,24H,4,9-10H2,1-3H3/t12-/m0/s1. The molecule has 0 aliphatic carbocycles. The third-order valence-electron chi connectivity index (χ3n) is 4.47. The van der Waals surface area contributed by atoms with Gasteiger partial charge in [0, 0.05) is 14.1 Å². The largest absolute Gasteiger partial charge is 0.491 e. The zero-order chi connectivity index (χ0) is 19.7. The lowest BCUT2D eigenvalue weighted by Crippen LogP contribution is -2.38. The topological polar surface area (TPSA) is 91.3 Å². The maximum atomic E-state index is 12.5. The Bertz CT molecular complexity index is 1080. The number of aliphatic hydroxyl groups is 1. The summed E-state index contributed by atoms with van der Waals surface area (Å²) in [6.07, 6.45) is 0.0775. The fraction of sp³-hybridized carbons (Fsp3) is 0.389. The molecule has 0 saturated carbocycles. The molecule has 1 atom stereocenters. The summed E-state index contributed by atoms with van der Waals surface area (Å²) < 4.78 is 9.86. The van der Waals surface area contributed by atoms with E-state index in [9.17, 15) is 14.7 Å². The highest BCUT2D eigenvalue weighted by atomic mass is 79.9. The van der Waals surface area contributed by atoms with Crippen LogP contribution in [0.3, 0.4) is 0 Å². The van der Waals surface area contributed by atoms with Crippen LogP contribution >= 0.6 is 15.9 Å². The van der Waals surface area contributed by atoms with Gasteiger partial charge in [0.05, 0.1) is 6.54 Å². The van der Waals surface area contributed by atoms with Crippen LogP contribution in [0.1, 0.15) is 12.5 Å². The van der Waals surface area contributed by atoms with Gasteiger partial charge in [0.1, 0.15) is 18.5 Å². The van der Waals surface area contributed by atoms with Crippen LogP contribution in [0.5, 0.6) is 5.75 Å². The molecule has 1 aromatic carbocycles. The fourth-order valence-electron chi connectivity index (χ4n) is 2.86. The summed E-state index contributed by atoms with van der Waals surface area (Å²) in [4.78, 5) is 28.8. The lowest BCUT2D eigenvalue weighted by molar-refractivity contribution is 0.0928. The number of nitrogens with zero attached hydrogens (tertiary/aromatic N) is 4. The molecule has 0 amide bonds. The molecule has 0 spiro atoms. The maximum Gasteiger partial charge on any atom is 0.332 e. The Kier molecular flexibility index (Phi) is 5.52. The Balaban J connectivity index is 1.82. The van der Waals surface area contributed by atoms with E-state index < -0.39 is 17.4 Å². The molecule has 3 rings (SSSR count). The first-order valence-corrected chi connectivity index (χ1v) is 9.34. The molecule has 2 heterocycles. The molecule has 2 aromatic heterocycles. The van der Waals surface area contributed by atoms with Gasteiger partial charge in [-0.2, -0.15) is 0 Å². The van der Waals surface area contributed by atoms with Crippen molar-refractivity contribution < 1.29 is 9.84 Å². The Morgan fingerprint density at radius 2 is 1.85 bits per heavy atom. The Morgan fingerprint density at radius 1 is 1.19 bits per heavy atom. The number of aliphatic hydroxyl groups excluding tert-OH is 1. The van der Waals surface area contributed by atoms with E-state index in [4.69, 9.17) is 4.74 Å². The minimum absolute atomic E-state index is 0.0592. The molecule has 0 aliphatic heterocycles. The molecular formula is C18H21BrN4O4. The number of fused-ring (bicyclic) bond motifs is 1. The van der Waals surface area contributed by atoms with E-state index in [0.717, 1.165) is 11.0 Å². The molecule has 0 bridgehead atoms. The number of rotatable bonds is 6. The van der Waals surface area contributed by atoms with Gasteiger partial charge in [0.25, 0.3) is 5.56 Å². The number of benzene rings is 1. The van der Waals surface area contributed by atoms with E-state index in [1.165, 1.54) is 17.2 Å². The lowest BCUT2D eigenvalue weighted by Gasteiger charge is -2.14. The molecule has 0 radical (unpaired) electrons. The molecule has 0 fully saturated rings. The molecule has 9 heteroatoms. The van der Waals surface area contributed by atoms with Crippen molar-refractivity contribution in [3.63, 3.8) is 0 Å². The van der Waals surface area contributed by atoms with Crippen LogP contribution in [0.15, 0.2) is 38.6 Å². The van der Waals surface area contributed by atoms with Gasteiger partial charge in [0.15, 0.2) is 15.9 Å². The van der Waals surface area contributed by atoms with Crippen molar-refractivity contribution in [2.24, 2.45) is 14.1 Å². The Labute approximate surface area is 163 Å². The van der Waals surface area contributed by atoms with Crippen molar-refractivity contribution in [1.82, 2.24) is 18.7 Å². The summed E-state index contributed by atoms with van der Waals surface area (Å²) in [5.41, 5.74) is 0.799. The molecule has 0 aliphatic rings. The van der Waals surface area contributed by atoms with Gasteiger partial charge in [-0.15, -0.1) is 0 Å². The highest BCUT2D eigenvalue weighted by Gasteiger charge is 2.20. The molecule has 1 N–H and O–H groups in total. The van der Waals surface area contributed by atoms with Crippen molar-refractivity contribution in [2.75, 3.05) is 6.61 Å². The number of halogens is 1. The maximum absolute atomic E-state index is 12.5. The summed E-state index contributed by atoms with van der Waals surface area (Å²) in [6.45, 7) is 2.23. The second-order valence-corrected chi connectivity index (χ2v) is 7.04. The summed E-state index contributed by atoms with van der Waals surface area (Å²) in [6, 6.07) is 7.68. The first-order valence-electron chi connectivity index (χ1n) is 8.55. The van der Waals surface area contributed by atoms with E-state index in [2.05, 4.69) is 27.8 Å². The Hall–Kier alpha value is -2.39. The van der Waals surface area contributed by atoms with E-state index in [-0.39, 0.29) is 24.3 Å². The minimum Gasteiger partial charge on any atom is -0.491 e. The van der Waals surface area contributed by atoms with Crippen LogP contribution in [0.4, 0.5) is 0 Å².